The quantitative estimate of drug-likeness (QED) is 0.557. The van der Waals surface area contributed by atoms with E-state index in [0.29, 0.717) is 18.7 Å². The number of carbonyl (C=O) groups excluding carboxylic acids is 2. The lowest BCUT2D eigenvalue weighted by Gasteiger charge is -2.38. The summed E-state index contributed by atoms with van der Waals surface area (Å²) in [4.78, 5) is 34.0. The van der Waals surface area contributed by atoms with Crippen LogP contribution in [0.15, 0.2) is 54.6 Å². The van der Waals surface area contributed by atoms with Gasteiger partial charge < -0.3 is 14.5 Å². The molecule has 4 rings (SSSR count). The molecule has 2 aliphatic heterocycles. The smallest absolute Gasteiger partial charge is 0.338 e. The Morgan fingerprint density at radius 1 is 0.765 bits per heavy atom. The molecule has 0 unspecified atom stereocenters. The minimum atomic E-state index is -0.301. The molecule has 2 saturated heterocycles. The lowest BCUT2D eigenvalue weighted by molar-refractivity contribution is -0.134. The molecular weight excluding hydrogens is 428 g/mol. The summed E-state index contributed by atoms with van der Waals surface area (Å²) in [6.07, 6.45) is 1.08. The Hall–Kier alpha value is -2.74. The monoisotopic (exact) mass is 464 g/mol. The Labute approximate surface area is 202 Å². The van der Waals surface area contributed by atoms with E-state index in [1.807, 2.05) is 29.2 Å². The highest BCUT2D eigenvalue weighted by Crippen LogP contribution is 2.15. The molecule has 0 aliphatic carbocycles. The van der Waals surface area contributed by atoms with Crippen LogP contribution in [0.3, 0.4) is 0 Å². The summed E-state index contributed by atoms with van der Waals surface area (Å²) in [5.74, 6) is -0.0723. The highest BCUT2D eigenvalue weighted by Gasteiger charge is 2.25. The molecule has 0 spiro atoms. The topological polar surface area (TPSA) is 56.3 Å². The molecule has 0 atom stereocenters. The molecule has 34 heavy (non-hydrogen) atoms. The Morgan fingerprint density at radius 2 is 1.38 bits per heavy atom. The Kier molecular flexibility index (Phi) is 8.68. The molecule has 2 aromatic rings. The van der Waals surface area contributed by atoms with E-state index >= 15 is 0 Å². The number of methoxy groups -OCH3 is 1. The van der Waals surface area contributed by atoms with E-state index in [1.54, 1.807) is 0 Å². The van der Waals surface area contributed by atoms with E-state index < -0.39 is 0 Å². The van der Waals surface area contributed by atoms with E-state index in [0.717, 1.165) is 70.9 Å². The third kappa shape index (κ3) is 6.65. The zero-order valence-electron chi connectivity index (χ0n) is 20.2. The van der Waals surface area contributed by atoms with Gasteiger partial charge in [-0.05, 0) is 23.6 Å². The first-order chi connectivity index (χ1) is 16.6. The van der Waals surface area contributed by atoms with Crippen molar-refractivity contribution in [3.63, 3.8) is 0 Å². The number of carbonyl (C=O) groups is 2. The molecule has 2 heterocycles. The molecule has 0 saturated carbocycles. The van der Waals surface area contributed by atoms with Crippen LogP contribution in [0.1, 0.15) is 21.5 Å². The van der Waals surface area contributed by atoms with Crippen LogP contribution in [0.5, 0.6) is 0 Å². The fourth-order valence-corrected chi connectivity index (χ4v) is 4.76. The zero-order valence-corrected chi connectivity index (χ0v) is 20.2. The molecule has 0 bridgehead atoms. The maximum Gasteiger partial charge on any atom is 0.338 e. The van der Waals surface area contributed by atoms with Crippen molar-refractivity contribution in [3.05, 3.63) is 71.3 Å². The molecule has 2 aromatic carbocycles. The standard InChI is InChI=1S/C27H36N4O3/c1-34-27(33)25-10-6-5-9-24(25)21-29-17-19-31(20-18-29)26(32)22-30-15-13-28(14-16-30)12-11-23-7-3-2-4-8-23/h2-10H,11-22H2,1H3. The van der Waals surface area contributed by atoms with Crippen molar-refractivity contribution in [1.29, 1.82) is 0 Å². The van der Waals surface area contributed by atoms with Crippen molar-refractivity contribution < 1.29 is 14.3 Å². The first-order valence-electron chi connectivity index (χ1n) is 12.3. The van der Waals surface area contributed by atoms with E-state index in [4.69, 9.17) is 4.74 Å². The first-order valence-corrected chi connectivity index (χ1v) is 12.3. The summed E-state index contributed by atoms with van der Waals surface area (Å²) in [5.41, 5.74) is 2.97. The Balaban J connectivity index is 1.17. The van der Waals surface area contributed by atoms with Crippen LogP contribution >= 0.6 is 0 Å². The van der Waals surface area contributed by atoms with Crippen LogP contribution in [0, 0.1) is 0 Å². The average Bonchev–Trinajstić information content (AvgIpc) is 2.89. The van der Waals surface area contributed by atoms with Crippen molar-refractivity contribution in [2.24, 2.45) is 0 Å². The van der Waals surface area contributed by atoms with Gasteiger partial charge in [-0.15, -0.1) is 0 Å². The van der Waals surface area contributed by atoms with Gasteiger partial charge in [0.1, 0.15) is 0 Å². The van der Waals surface area contributed by atoms with Gasteiger partial charge in [0.05, 0.1) is 19.2 Å². The number of hydrogen-bond acceptors (Lipinski definition) is 6. The summed E-state index contributed by atoms with van der Waals surface area (Å²) in [5, 5.41) is 0. The molecule has 0 N–H and O–H groups in total. The lowest BCUT2D eigenvalue weighted by atomic mass is 10.1. The van der Waals surface area contributed by atoms with Gasteiger partial charge in [0.2, 0.25) is 5.91 Å². The van der Waals surface area contributed by atoms with E-state index in [1.165, 1.54) is 12.7 Å². The second-order valence-corrected chi connectivity index (χ2v) is 9.16. The summed E-state index contributed by atoms with van der Waals surface area (Å²) in [7, 11) is 1.41. The number of rotatable bonds is 8. The molecule has 7 heteroatoms. The predicted octanol–water partition coefficient (Wildman–Crippen LogP) is 1.98. The first kappa shape index (κ1) is 24.4. The maximum atomic E-state index is 12.9. The van der Waals surface area contributed by atoms with Crippen molar-refractivity contribution >= 4 is 11.9 Å². The number of ether oxygens (including phenoxy) is 1. The van der Waals surface area contributed by atoms with Crippen molar-refractivity contribution in [2.45, 2.75) is 13.0 Å². The highest BCUT2D eigenvalue weighted by atomic mass is 16.5. The van der Waals surface area contributed by atoms with Crippen LogP contribution in [0.4, 0.5) is 0 Å². The van der Waals surface area contributed by atoms with Gasteiger partial charge in [-0.2, -0.15) is 0 Å². The minimum absolute atomic E-state index is 0.229. The van der Waals surface area contributed by atoms with Crippen LogP contribution in [0.2, 0.25) is 0 Å². The largest absolute Gasteiger partial charge is 0.465 e. The number of amides is 1. The third-order valence-electron chi connectivity index (χ3n) is 6.92. The SMILES string of the molecule is COC(=O)c1ccccc1CN1CCN(C(=O)CN2CCN(CCc3ccccc3)CC2)CC1. The zero-order chi connectivity index (χ0) is 23.8. The van der Waals surface area contributed by atoms with Crippen LogP contribution in [0.25, 0.3) is 0 Å². The summed E-state index contributed by atoms with van der Waals surface area (Å²) >= 11 is 0. The second kappa shape index (κ2) is 12.1. The van der Waals surface area contributed by atoms with Gasteiger partial charge in [0, 0.05) is 65.4 Å². The fraction of sp³-hybridized carbons (Fsp3) is 0.481. The third-order valence-corrected chi connectivity index (χ3v) is 6.92. The van der Waals surface area contributed by atoms with Gasteiger partial charge in [0.25, 0.3) is 0 Å². The van der Waals surface area contributed by atoms with Crippen molar-refractivity contribution in [1.82, 2.24) is 19.6 Å². The number of benzene rings is 2. The van der Waals surface area contributed by atoms with Gasteiger partial charge >= 0.3 is 5.97 Å². The van der Waals surface area contributed by atoms with Gasteiger partial charge in [-0.25, -0.2) is 4.79 Å². The molecule has 1 amide bonds. The lowest BCUT2D eigenvalue weighted by Crippen LogP contribution is -2.53. The number of hydrogen-bond donors (Lipinski definition) is 0. The van der Waals surface area contributed by atoms with Crippen LogP contribution < -0.4 is 0 Å². The van der Waals surface area contributed by atoms with E-state index in [9.17, 15) is 9.59 Å². The summed E-state index contributed by atoms with van der Waals surface area (Å²) in [6, 6.07) is 18.2. The summed E-state index contributed by atoms with van der Waals surface area (Å²) in [6.45, 7) is 9.31. The van der Waals surface area contributed by atoms with Crippen LogP contribution in [-0.4, -0.2) is 104 Å². The molecule has 7 nitrogen and oxygen atoms in total. The highest BCUT2D eigenvalue weighted by molar-refractivity contribution is 5.90. The minimum Gasteiger partial charge on any atom is -0.465 e. The number of piperazine rings is 2. The van der Waals surface area contributed by atoms with Gasteiger partial charge in [-0.1, -0.05) is 48.5 Å². The second-order valence-electron chi connectivity index (χ2n) is 9.16. The predicted molar refractivity (Wildman–Crippen MR) is 133 cm³/mol. The molecule has 182 valence electrons. The normalized spacial score (nSPS) is 18.1. The molecule has 2 fully saturated rings. The summed E-state index contributed by atoms with van der Waals surface area (Å²) < 4.78 is 4.91. The molecule has 0 radical (unpaired) electrons. The van der Waals surface area contributed by atoms with E-state index in [-0.39, 0.29) is 11.9 Å². The fourth-order valence-electron chi connectivity index (χ4n) is 4.76. The molecule has 0 aromatic heterocycles. The van der Waals surface area contributed by atoms with Crippen molar-refractivity contribution in [2.75, 3.05) is 72.6 Å². The molecular formula is C27H36N4O3. The maximum absolute atomic E-state index is 12.9. The number of esters is 1. The average molecular weight is 465 g/mol. The number of nitrogens with zero attached hydrogens (tertiary/aromatic N) is 4. The molecule has 2 aliphatic rings. The van der Waals surface area contributed by atoms with Crippen molar-refractivity contribution in [3.8, 4) is 0 Å². The van der Waals surface area contributed by atoms with Gasteiger partial charge in [-0.3, -0.25) is 14.6 Å². The van der Waals surface area contributed by atoms with Crippen LogP contribution in [-0.2, 0) is 22.5 Å². The Bertz CT molecular complexity index is 936. The Morgan fingerprint density at radius 3 is 2.09 bits per heavy atom. The van der Waals surface area contributed by atoms with E-state index in [2.05, 4.69) is 45.0 Å². The van der Waals surface area contributed by atoms with Gasteiger partial charge in [0.15, 0.2) is 0 Å².